The number of carboxylic acids is 2. The molecule has 0 aromatic carbocycles. The Balaban J connectivity index is 2.10. The number of aliphatic carboxylic acids is 1. The van der Waals surface area contributed by atoms with Crippen molar-refractivity contribution in [2.24, 2.45) is 0 Å². The molecule has 1 aromatic rings. The van der Waals surface area contributed by atoms with E-state index in [2.05, 4.69) is 4.98 Å². The molecule has 6 heteroatoms. The van der Waals surface area contributed by atoms with Gasteiger partial charge in [0, 0.05) is 5.92 Å². The average Bonchev–Trinajstić information content (AvgIpc) is 2.87. The summed E-state index contributed by atoms with van der Waals surface area (Å²) < 4.78 is 1.73. The standard InChI is InChI=1S/C15H20N2O4/c18-14(19)11-8-4-7-10-12(15(20)21)16-13(17(10)11)9-5-2-1-3-6-9/h9,11H,1-8H2,(H,18,19)(H,20,21). The molecule has 0 bridgehead atoms. The van der Waals surface area contributed by atoms with Crippen molar-refractivity contribution >= 4 is 11.9 Å². The van der Waals surface area contributed by atoms with Gasteiger partial charge in [-0.1, -0.05) is 19.3 Å². The van der Waals surface area contributed by atoms with Gasteiger partial charge >= 0.3 is 11.9 Å². The maximum absolute atomic E-state index is 11.5. The largest absolute Gasteiger partial charge is 0.480 e. The molecule has 21 heavy (non-hydrogen) atoms. The molecule has 1 fully saturated rings. The molecule has 3 rings (SSSR count). The van der Waals surface area contributed by atoms with Crippen molar-refractivity contribution in [2.45, 2.75) is 63.3 Å². The predicted molar refractivity (Wildman–Crippen MR) is 74.6 cm³/mol. The van der Waals surface area contributed by atoms with Crippen molar-refractivity contribution in [3.05, 3.63) is 17.2 Å². The van der Waals surface area contributed by atoms with Crippen LogP contribution >= 0.6 is 0 Å². The molecule has 2 heterocycles. The first-order chi connectivity index (χ1) is 10.1. The van der Waals surface area contributed by atoms with Crippen LogP contribution in [0.1, 0.15) is 78.9 Å². The minimum absolute atomic E-state index is 0.0570. The highest BCUT2D eigenvalue weighted by molar-refractivity contribution is 5.87. The van der Waals surface area contributed by atoms with Gasteiger partial charge < -0.3 is 14.8 Å². The third-order valence-electron chi connectivity index (χ3n) is 4.70. The molecule has 1 unspecified atom stereocenters. The Hall–Kier alpha value is -1.85. The van der Waals surface area contributed by atoms with Gasteiger partial charge in [0.2, 0.25) is 0 Å². The third-order valence-corrected chi connectivity index (χ3v) is 4.70. The van der Waals surface area contributed by atoms with Crippen LogP contribution in [0, 0.1) is 0 Å². The zero-order chi connectivity index (χ0) is 15.0. The Morgan fingerprint density at radius 2 is 1.76 bits per heavy atom. The van der Waals surface area contributed by atoms with Crippen LogP contribution in [0.15, 0.2) is 0 Å². The van der Waals surface area contributed by atoms with Crippen molar-refractivity contribution < 1.29 is 19.8 Å². The zero-order valence-electron chi connectivity index (χ0n) is 11.9. The average molecular weight is 292 g/mol. The first-order valence-electron chi connectivity index (χ1n) is 7.66. The molecule has 1 saturated carbocycles. The van der Waals surface area contributed by atoms with Gasteiger partial charge in [0.1, 0.15) is 11.9 Å². The van der Waals surface area contributed by atoms with Crippen LogP contribution in [0.2, 0.25) is 0 Å². The molecule has 0 spiro atoms. The highest BCUT2D eigenvalue weighted by Gasteiger charge is 2.35. The van der Waals surface area contributed by atoms with Gasteiger partial charge in [-0.05, 0) is 32.1 Å². The minimum atomic E-state index is -1.05. The summed E-state index contributed by atoms with van der Waals surface area (Å²) in [4.78, 5) is 27.3. The molecular formula is C15H20N2O4. The lowest BCUT2D eigenvalue weighted by atomic mass is 9.88. The number of nitrogens with zero attached hydrogens (tertiary/aromatic N) is 2. The van der Waals surface area contributed by atoms with Crippen LogP contribution in [-0.4, -0.2) is 31.7 Å². The molecule has 114 valence electrons. The van der Waals surface area contributed by atoms with Crippen molar-refractivity contribution in [1.82, 2.24) is 9.55 Å². The van der Waals surface area contributed by atoms with E-state index in [0.29, 0.717) is 30.8 Å². The minimum Gasteiger partial charge on any atom is -0.480 e. The van der Waals surface area contributed by atoms with E-state index >= 15 is 0 Å². The van der Waals surface area contributed by atoms with E-state index in [1.165, 1.54) is 6.42 Å². The lowest BCUT2D eigenvalue weighted by Crippen LogP contribution is -2.28. The Kier molecular flexibility index (Phi) is 3.69. The lowest BCUT2D eigenvalue weighted by molar-refractivity contribution is -0.141. The van der Waals surface area contributed by atoms with Gasteiger partial charge in [0.15, 0.2) is 5.69 Å². The number of aromatic nitrogens is 2. The van der Waals surface area contributed by atoms with E-state index in [1.54, 1.807) is 4.57 Å². The molecule has 1 atom stereocenters. The first kappa shape index (κ1) is 14.1. The highest BCUT2D eigenvalue weighted by atomic mass is 16.4. The number of carbonyl (C=O) groups is 2. The number of aromatic carboxylic acids is 1. The van der Waals surface area contributed by atoms with Gasteiger partial charge in [0.25, 0.3) is 0 Å². The summed E-state index contributed by atoms with van der Waals surface area (Å²) in [5, 5.41) is 18.8. The van der Waals surface area contributed by atoms with Gasteiger partial charge in [-0.2, -0.15) is 0 Å². The van der Waals surface area contributed by atoms with E-state index in [0.717, 1.165) is 25.7 Å². The molecule has 2 aliphatic rings. The summed E-state index contributed by atoms with van der Waals surface area (Å²) >= 11 is 0. The van der Waals surface area contributed by atoms with E-state index in [-0.39, 0.29) is 11.6 Å². The second-order valence-corrected chi connectivity index (χ2v) is 6.02. The van der Waals surface area contributed by atoms with E-state index < -0.39 is 18.0 Å². The zero-order valence-corrected chi connectivity index (χ0v) is 11.9. The van der Waals surface area contributed by atoms with Crippen molar-refractivity contribution in [1.29, 1.82) is 0 Å². The predicted octanol–water partition coefficient (Wildman–Crippen LogP) is 2.59. The normalized spacial score (nSPS) is 22.8. The number of imidazole rings is 1. The summed E-state index contributed by atoms with van der Waals surface area (Å²) in [5.74, 6) is -1.05. The molecule has 2 N–H and O–H groups in total. The summed E-state index contributed by atoms with van der Waals surface area (Å²) in [7, 11) is 0. The summed E-state index contributed by atoms with van der Waals surface area (Å²) in [6.07, 6.45) is 7.21. The number of hydrogen-bond donors (Lipinski definition) is 2. The highest BCUT2D eigenvalue weighted by Crippen LogP contribution is 2.37. The Morgan fingerprint density at radius 3 is 2.38 bits per heavy atom. The molecule has 1 aliphatic carbocycles. The number of rotatable bonds is 3. The van der Waals surface area contributed by atoms with Crippen molar-refractivity contribution in [2.75, 3.05) is 0 Å². The van der Waals surface area contributed by atoms with Crippen LogP contribution in [0.3, 0.4) is 0 Å². The Morgan fingerprint density at radius 1 is 1.05 bits per heavy atom. The fourth-order valence-corrected chi connectivity index (χ4v) is 3.72. The van der Waals surface area contributed by atoms with Crippen LogP contribution in [0.25, 0.3) is 0 Å². The maximum atomic E-state index is 11.5. The Labute approximate surface area is 122 Å². The third kappa shape index (κ3) is 2.43. The van der Waals surface area contributed by atoms with E-state index in [1.807, 2.05) is 0 Å². The van der Waals surface area contributed by atoms with Gasteiger partial charge in [-0.15, -0.1) is 0 Å². The SMILES string of the molecule is O=C(O)c1nc(C2CCCCC2)n2c1CCCC2C(=O)O. The molecule has 0 amide bonds. The van der Waals surface area contributed by atoms with Crippen LogP contribution in [-0.2, 0) is 11.2 Å². The van der Waals surface area contributed by atoms with Gasteiger partial charge in [-0.3, -0.25) is 0 Å². The maximum Gasteiger partial charge on any atom is 0.356 e. The quantitative estimate of drug-likeness (QED) is 0.893. The topological polar surface area (TPSA) is 92.4 Å². The van der Waals surface area contributed by atoms with Crippen molar-refractivity contribution in [3.63, 3.8) is 0 Å². The monoisotopic (exact) mass is 292 g/mol. The smallest absolute Gasteiger partial charge is 0.356 e. The molecular weight excluding hydrogens is 272 g/mol. The molecule has 0 radical (unpaired) electrons. The fraction of sp³-hybridized carbons (Fsp3) is 0.667. The van der Waals surface area contributed by atoms with Gasteiger partial charge in [-0.25, -0.2) is 14.6 Å². The Bertz CT molecular complexity index is 572. The van der Waals surface area contributed by atoms with Crippen LogP contribution in [0.4, 0.5) is 0 Å². The number of fused-ring (bicyclic) bond motifs is 1. The second kappa shape index (κ2) is 5.50. The molecule has 6 nitrogen and oxygen atoms in total. The fourth-order valence-electron chi connectivity index (χ4n) is 3.72. The first-order valence-corrected chi connectivity index (χ1v) is 7.66. The number of carboxylic acid groups (broad SMARTS) is 2. The number of hydrogen-bond acceptors (Lipinski definition) is 3. The summed E-state index contributed by atoms with van der Waals surface area (Å²) in [6, 6.07) is -0.661. The molecule has 1 aromatic heterocycles. The summed E-state index contributed by atoms with van der Waals surface area (Å²) in [6.45, 7) is 0. The lowest BCUT2D eigenvalue weighted by Gasteiger charge is -2.28. The van der Waals surface area contributed by atoms with Crippen LogP contribution < -0.4 is 0 Å². The molecule has 0 saturated heterocycles. The van der Waals surface area contributed by atoms with E-state index in [4.69, 9.17) is 0 Å². The molecule has 1 aliphatic heterocycles. The van der Waals surface area contributed by atoms with Crippen molar-refractivity contribution in [3.8, 4) is 0 Å². The van der Waals surface area contributed by atoms with E-state index in [9.17, 15) is 19.8 Å². The van der Waals surface area contributed by atoms with Gasteiger partial charge in [0.05, 0.1) is 5.69 Å². The second-order valence-electron chi connectivity index (χ2n) is 6.02. The summed E-state index contributed by atoms with van der Waals surface area (Å²) in [5.41, 5.74) is 0.656. The van der Waals surface area contributed by atoms with Crippen LogP contribution in [0.5, 0.6) is 0 Å².